The molecule has 3 heterocycles. The third-order valence-electron chi connectivity index (χ3n) is 4.35. The molecule has 1 unspecified atom stereocenters. The van der Waals surface area contributed by atoms with Gasteiger partial charge in [-0.2, -0.15) is 13.2 Å². The number of aromatic nitrogens is 1. The highest BCUT2D eigenvalue weighted by atomic mass is 19.4. The van der Waals surface area contributed by atoms with Crippen molar-refractivity contribution in [1.29, 1.82) is 0 Å². The first kappa shape index (κ1) is 14.3. The number of carbonyl (C=O) groups excluding carboxylic acids is 1. The molecule has 1 amide bonds. The van der Waals surface area contributed by atoms with Crippen molar-refractivity contribution >= 4 is 11.7 Å². The van der Waals surface area contributed by atoms with E-state index in [1.807, 2.05) is 0 Å². The van der Waals surface area contributed by atoms with Crippen molar-refractivity contribution in [3.63, 3.8) is 0 Å². The molecular weight excluding hydrogens is 283 g/mol. The van der Waals surface area contributed by atoms with Crippen LogP contribution in [0.4, 0.5) is 19.0 Å². The van der Waals surface area contributed by atoms with E-state index in [1.54, 1.807) is 0 Å². The molecule has 1 atom stereocenters. The third-order valence-corrected chi connectivity index (χ3v) is 4.35. The van der Waals surface area contributed by atoms with Gasteiger partial charge >= 0.3 is 6.18 Å². The molecule has 2 saturated heterocycles. The molecule has 4 nitrogen and oxygen atoms in total. The highest BCUT2D eigenvalue weighted by Crippen LogP contribution is 2.38. The molecule has 114 valence electrons. The van der Waals surface area contributed by atoms with Crippen molar-refractivity contribution in [2.45, 2.75) is 25.4 Å². The van der Waals surface area contributed by atoms with Gasteiger partial charge in [-0.1, -0.05) is 0 Å². The first-order valence-electron chi connectivity index (χ1n) is 6.94. The third kappa shape index (κ3) is 2.74. The fourth-order valence-electron chi connectivity index (χ4n) is 3.08. The Morgan fingerprint density at radius 3 is 2.67 bits per heavy atom. The van der Waals surface area contributed by atoms with Crippen molar-refractivity contribution in [3.05, 3.63) is 23.9 Å². The molecule has 2 aliphatic heterocycles. The number of carbonyl (C=O) groups is 1. The maximum Gasteiger partial charge on any atom is 0.417 e. The largest absolute Gasteiger partial charge is 0.417 e. The Hall–Kier alpha value is -1.63. The van der Waals surface area contributed by atoms with Crippen LogP contribution in [0.5, 0.6) is 0 Å². The van der Waals surface area contributed by atoms with Crippen LogP contribution in [0.15, 0.2) is 18.3 Å². The van der Waals surface area contributed by atoms with E-state index < -0.39 is 11.7 Å². The van der Waals surface area contributed by atoms with Crippen molar-refractivity contribution in [2.24, 2.45) is 5.41 Å². The van der Waals surface area contributed by atoms with E-state index in [0.717, 1.165) is 38.2 Å². The summed E-state index contributed by atoms with van der Waals surface area (Å²) in [5.74, 6) is 0.235. The Balaban J connectivity index is 1.82. The van der Waals surface area contributed by atoms with Crippen molar-refractivity contribution in [1.82, 2.24) is 10.3 Å². The Labute approximate surface area is 120 Å². The molecule has 2 fully saturated rings. The van der Waals surface area contributed by atoms with Crippen LogP contribution in [-0.4, -0.2) is 30.5 Å². The first-order valence-corrected chi connectivity index (χ1v) is 6.94. The maximum absolute atomic E-state index is 12.6. The first-order chi connectivity index (χ1) is 9.90. The summed E-state index contributed by atoms with van der Waals surface area (Å²) < 4.78 is 37.7. The summed E-state index contributed by atoms with van der Waals surface area (Å²) in [5.41, 5.74) is -0.758. The lowest BCUT2D eigenvalue weighted by molar-refractivity contribution is -0.137. The molecule has 0 aliphatic carbocycles. The normalized spacial score (nSPS) is 26.6. The summed E-state index contributed by atoms with van der Waals surface area (Å²) in [5, 5.41) is 3.29. The summed E-state index contributed by atoms with van der Waals surface area (Å²) in [4.78, 5) is 17.4. The van der Waals surface area contributed by atoms with E-state index in [-0.39, 0.29) is 11.3 Å². The van der Waals surface area contributed by atoms with Gasteiger partial charge in [0.15, 0.2) is 0 Å². The number of pyridine rings is 1. The van der Waals surface area contributed by atoms with Gasteiger partial charge in [0, 0.05) is 31.1 Å². The summed E-state index contributed by atoms with van der Waals surface area (Å²) in [7, 11) is 0. The highest BCUT2D eigenvalue weighted by Gasteiger charge is 2.41. The zero-order chi connectivity index (χ0) is 15.1. The molecule has 1 N–H and O–H groups in total. The Kier molecular flexibility index (Phi) is 3.39. The van der Waals surface area contributed by atoms with Crippen LogP contribution >= 0.6 is 0 Å². The minimum Gasteiger partial charge on any atom is -0.316 e. The average Bonchev–Trinajstić information content (AvgIpc) is 2.90. The minimum absolute atomic E-state index is 0.0400. The van der Waals surface area contributed by atoms with Gasteiger partial charge < -0.3 is 5.32 Å². The number of hydrogen-bond acceptors (Lipinski definition) is 3. The summed E-state index contributed by atoms with van der Waals surface area (Å²) >= 11 is 0. The van der Waals surface area contributed by atoms with Crippen LogP contribution in [0.3, 0.4) is 0 Å². The number of amides is 1. The Morgan fingerprint density at radius 1 is 1.29 bits per heavy atom. The van der Waals surface area contributed by atoms with Gasteiger partial charge in [-0.25, -0.2) is 4.98 Å². The molecule has 7 heteroatoms. The molecule has 0 aromatic carbocycles. The van der Waals surface area contributed by atoms with E-state index in [4.69, 9.17) is 0 Å². The van der Waals surface area contributed by atoms with Crippen LogP contribution in [0.1, 0.15) is 24.8 Å². The van der Waals surface area contributed by atoms with Gasteiger partial charge in [0.25, 0.3) is 0 Å². The molecule has 0 radical (unpaired) electrons. The maximum atomic E-state index is 12.6. The van der Waals surface area contributed by atoms with Crippen LogP contribution in [0.25, 0.3) is 0 Å². The van der Waals surface area contributed by atoms with E-state index in [1.165, 1.54) is 11.0 Å². The van der Waals surface area contributed by atoms with Gasteiger partial charge in [-0.05, 0) is 31.5 Å². The van der Waals surface area contributed by atoms with E-state index in [9.17, 15) is 18.0 Å². The quantitative estimate of drug-likeness (QED) is 0.865. The molecule has 1 aromatic heterocycles. The number of halogens is 3. The molecule has 1 spiro atoms. The molecular formula is C14H16F3N3O. The van der Waals surface area contributed by atoms with Crippen molar-refractivity contribution in [3.8, 4) is 0 Å². The second-order valence-corrected chi connectivity index (χ2v) is 5.81. The smallest absolute Gasteiger partial charge is 0.316 e. The van der Waals surface area contributed by atoms with Gasteiger partial charge in [0.1, 0.15) is 5.82 Å². The average molecular weight is 299 g/mol. The van der Waals surface area contributed by atoms with E-state index in [2.05, 4.69) is 10.3 Å². The number of hydrogen-bond donors (Lipinski definition) is 1. The van der Waals surface area contributed by atoms with Crippen molar-refractivity contribution in [2.75, 3.05) is 24.5 Å². The summed E-state index contributed by atoms with van der Waals surface area (Å²) in [6.45, 7) is 2.29. The minimum atomic E-state index is -4.41. The predicted octanol–water partition coefficient (Wildman–Crippen LogP) is 2.21. The van der Waals surface area contributed by atoms with Crippen LogP contribution in [0.2, 0.25) is 0 Å². The molecule has 1 aromatic rings. The van der Waals surface area contributed by atoms with Gasteiger partial charge in [-0.3, -0.25) is 9.69 Å². The molecule has 3 rings (SSSR count). The Bertz CT molecular complexity index is 535. The lowest BCUT2D eigenvalue weighted by Gasteiger charge is -2.39. The number of rotatable bonds is 1. The van der Waals surface area contributed by atoms with Gasteiger partial charge in [0.2, 0.25) is 5.91 Å². The van der Waals surface area contributed by atoms with Crippen molar-refractivity contribution < 1.29 is 18.0 Å². The lowest BCUT2D eigenvalue weighted by atomic mass is 9.79. The second kappa shape index (κ2) is 4.98. The molecule has 21 heavy (non-hydrogen) atoms. The van der Waals surface area contributed by atoms with E-state index >= 15 is 0 Å². The number of anilines is 1. The second-order valence-electron chi connectivity index (χ2n) is 5.81. The Morgan fingerprint density at radius 2 is 2.10 bits per heavy atom. The molecule has 0 saturated carbocycles. The summed E-state index contributed by atoms with van der Waals surface area (Å²) in [6, 6.07) is 2.26. The predicted molar refractivity (Wildman–Crippen MR) is 70.7 cm³/mol. The summed E-state index contributed by atoms with van der Waals surface area (Å²) in [6.07, 6.45) is -1.39. The number of piperidine rings is 1. The van der Waals surface area contributed by atoms with Crippen LogP contribution in [0, 0.1) is 5.41 Å². The van der Waals surface area contributed by atoms with Gasteiger partial charge in [-0.15, -0.1) is 0 Å². The molecule has 0 bridgehead atoms. The van der Waals surface area contributed by atoms with Crippen LogP contribution < -0.4 is 10.2 Å². The highest BCUT2D eigenvalue weighted by molar-refractivity contribution is 5.93. The lowest BCUT2D eigenvalue weighted by Crippen LogP contribution is -2.48. The molecule has 2 aliphatic rings. The topological polar surface area (TPSA) is 45.2 Å². The number of nitrogens with zero attached hydrogens (tertiary/aromatic N) is 2. The van der Waals surface area contributed by atoms with E-state index in [0.29, 0.717) is 18.8 Å². The number of alkyl halides is 3. The number of nitrogens with one attached hydrogen (secondary N) is 1. The fraction of sp³-hybridized carbons (Fsp3) is 0.571. The standard InChI is InChI=1S/C14H16F3N3O/c15-14(16,17)10-1-2-11(19-7-10)20-9-13(4-3-12(20)21)5-6-18-8-13/h1-2,7,18H,3-6,8-9H2. The fourth-order valence-corrected chi connectivity index (χ4v) is 3.08. The SMILES string of the molecule is O=C1CCC2(CCNC2)CN1c1ccc(C(F)(F)F)cn1. The van der Waals surface area contributed by atoms with Gasteiger partial charge in [0.05, 0.1) is 5.56 Å². The van der Waals surface area contributed by atoms with Crippen LogP contribution in [-0.2, 0) is 11.0 Å². The monoisotopic (exact) mass is 299 g/mol. The zero-order valence-corrected chi connectivity index (χ0v) is 11.4. The zero-order valence-electron chi connectivity index (χ0n) is 11.4.